The van der Waals surface area contributed by atoms with Crippen LogP contribution in [0.5, 0.6) is 0 Å². The van der Waals surface area contributed by atoms with Crippen molar-refractivity contribution >= 4 is 71.6 Å². The molecule has 3 N–H and O–H groups in total. The van der Waals surface area contributed by atoms with E-state index in [1.165, 1.54) is 23.0 Å². The fourth-order valence-electron chi connectivity index (χ4n) is 5.82. The number of fused-ring (bicyclic) bond motifs is 1. The first kappa shape index (κ1) is 27.7. The fraction of sp³-hybridized carbons (Fsp3) is 0.333. The number of nitrogens with zero attached hydrogens (tertiary/aromatic N) is 4. The van der Waals surface area contributed by atoms with E-state index in [-0.39, 0.29) is 16.5 Å². The molecule has 2 aliphatic carbocycles. The van der Waals surface area contributed by atoms with Crippen LogP contribution in [-0.4, -0.2) is 42.5 Å². The highest BCUT2D eigenvalue weighted by Crippen LogP contribution is 2.56. The molecule has 1 aromatic carbocycles. The van der Waals surface area contributed by atoms with E-state index in [4.69, 9.17) is 32.9 Å². The van der Waals surface area contributed by atoms with Crippen molar-refractivity contribution in [2.24, 2.45) is 10.6 Å². The Morgan fingerprint density at radius 1 is 1.17 bits per heavy atom. The summed E-state index contributed by atoms with van der Waals surface area (Å²) in [5.74, 6) is -0.471. The molecule has 0 unspecified atom stereocenters. The number of pyridine rings is 1. The number of nitrogens with one attached hydrogen (secondary N) is 1. The zero-order valence-electron chi connectivity index (χ0n) is 21.9. The highest BCUT2D eigenvalue weighted by atomic mass is 35.5. The highest BCUT2D eigenvalue weighted by Gasteiger charge is 2.44. The lowest BCUT2D eigenvalue weighted by Crippen LogP contribution is -2.42. The van der Waals surface area contributed by atoms with Crippen molar-refractivity contribution in [3.05, 3.63) is 63.4 Å². The van der Waals surface area contributed by atoms with Gasteiger partial charge < -0.3 is 9.42 Å². The summed E-state index contributed by atoms with van der Waals surface area (Å²) in [6.07, 6.45) is 10.2. The van der Waals surface area contributed by atoms with Crippen LogP contribution >= 0.6 is 34.5 Å². The van der Waals surface area contributed by atoms with Gasteiger partial charge in [0.2, 0.25) is 0 Å². The normalized spacial score (nSPS) is 18.3. The summed E-state index contributed by atoms with van der Waals surface area (Å²) in [6, 6.07) is 2.38. The van der Waals surface area contributed by atoms with Crippen LogP contribution in [0.1, 0.15) is 59.7 Å². The van der Waals surface area contributed by atoms with Crippen LogP contribution in [0.4, 0.5) is 9.52 Å². The smallest absolute Gasteiger partial charge is 0.298 e. The topological polar surface area (TPSA) is 144 Å². The number of halogens is 3. The van der Waals surface area contributed by atoms with Crippen molar-refractivity contribution in [3.63, 3.8) is 0 Å². The molecular weight excluding hydrogens is 626 g/mol. The zero-order chi connectivity index (χ0) is 29.4. The molecule has 15 heteroatoms. The quantitative estimate of drug-likeness (QED) is 0.272. The van der Waals surface area contributed by atoms with Crippen molar-refractivity contribution in [1.82, 2.24) is 19.8 Å². The van der Waals surface area contributed by atoms with Crippen molar-refractivity contribution < 1.29 is 22.1 Å². The molecule has 1 aliphatic heterocycles. The second-order valence-corrected chi connectivity index (χ2v) is 14.1. The molecule has 0 radical (unpaired) electrons. The predicted molar refractivity (Wildman–Crippen MR) is 158 cm³/mol. The molecule has 1 amide bonds. The molecule has 3 aromatic heterocycles. The summed E-state index contributed by atoms with van der Waals surface area (Å²) >= 11 is 14.2. The summed E-state index contributed by atoms with van der Waals surface area (Å²) < 4.78 is 45.2. The number of aromatic nitrogens is 3. The van der Waals surface area contributed by atoms with E-state index in [1.54, 1.807) is 17.1 Å². The second-order valence-electron chi connectivity index (χ2n) is 11.0. The van der Waals surface area contributed by atoms with Gasteiger partial charge in [0, 0.05) is 48.1 Å². The van der Waals surface area contributed by atoms with E-state index in [0.717, 1.165) is 62.6 Å². The van der Waals surface area contributed by atoms with E-state index in [2.05, 4.69) is 26.1 Å². The van der Waals surface area contributed by atoms with Gasteiger partial charge in [0.25, 0.3) is 16.1 Å². The van der Waals surface area contributed by atoms with E-state index >= 15 is 0 Å². The molecule has 218 valence electrons. The third-order valence-corrected chi connectivity index (χ3v) is 10.2. The molecular formula is C27H23Cl2FN6O4S2. The maximum absolute atomic E-state index is 14.8. The Balaban J connectivity index is 1.11. The number of carbonyl (C=O) groups excluding carboxylic acids is 1. The Kier molecular flexibility index (Phi) is 6.59. The van der Waals surface area contributed by atoms with E-state index in [9.17, 15) is 17.6 Å². The second kappa shape index (κ2) is 9.98. The fourth-order valence-corrected chi connectivity index (χ4v) is 7.81. The Hall–Kier alpha value is -3.10. The standard InChI is InChI=1S/C27H23Cl2FN6O4S2/c28-16-11-32-12-17(29)21(16)23-20(24(40-34-23)13-1-2-13)15-9-27(10-15)3-5-36(6-4-27)26-33-22-18(30)7-14(8-19(22)41-26)25(37)35-42(31,38)39/h7-9,11-13H,1-6,10H2,(H,35,37)(H2,31,38,39). The summed E-state index contributed by atoms with van der Waals surface area (Å²) in [7, 11) is -4.27. The molecule has 42 heavy (non-hydrogen) atoms. The number of anilines is 1. The molecule has 10 nitrogen and oxygen atoms in total. The largest absolute Gasteiger partial charge is 0.360 e. The first-order chi connectivity index (χ1) is 20.0. The van der Waals surface area contributed by atoms with Crippen molar-refractivity contribution in [2.75, 3.05) is 18.0 Å². The number of thiazole rings is 1. The maximum atomic E-state index is 14.8. The molecule has 4 aromatic rings. The highest BCUT2D eigenvalue weighted by molar-refractivity contribution is 7.87. The Morgan fingerprint density at radius 3 is 2.50 bits per heavy atom. The molecule has 1 spiro atoms. The average Bonchev–Trinajstić information content (AvgIpc) is 3.51. The van der Waals surface area contributed by atoms with E-state index < -0.39 is 21.9 Å². The lowest BCUT2D eigenvalue weighted by atomic mass is 9.63. The van der Waals surface area contributed by atoms with Crippen LogP contribution in [-0.2, 0) is 10.2 Å². The van der Waals surface area contributed by atoms with Crippen molar-refractivity contribution in [2.45, 2.75) is 38.0 Å². The van der Waals surface area contributed by atoms with Crippen molar-refractivity contribution in [3.8, 4) is 11.3 Å². The van der Waals surface area contributed by atoms with Gasteiger partial charge >= 0.3 is 0 Å². The maximum Gasteiger partial charge on any atom is 0.298 e. The summed E-state index contributed by atoms with van der Waals surface area (Å²) in [4.78, 5) is 22.9. The monoisotopic (exact) mass is 648 g/mol. The summed E-state index contributed by atoms with van der Waals surface area (Å²) in [5.41, 5.74) is 3.46. The van der Waals surface area contributed by atoms with Crippen LogP contribution in [0.15, 0.2) is 35.1 Å². The van der Waals surface area contributed by atoms with Gasteiger partial charge in [-0.05, 0) is 55.2 Å². The number of hydrogen-bond donors (Lipinski definition) is 2. The number of hydrogen-bond acceptors (Lipinski definition) is 9. The first-order valence-corrected chi connectivity index (χ1v) is 16.3. The SMILES string of the molecule is NS(=O)(=O)NC(=O)c1cc(F)c2nc(N3CCC4(C=C(c5c(-c6c(Cl)cncc6Cl)noc5C5CC5)C4)CC3)sc2c1. The molecule has 7 rings (SSSR count). The number of rotatable bonds is 6. The third kappa shape index (κ3) is 4.96. The molecule has 1 saturated carbocycles. The summed E-state index contributed by atoms with van der Waals surface area (Å²) in [5, 5.41) is 10.8. The van der Waals surface area contributed by atoms with Gasteiger partial charge in [-0.1, -0.05) is 45.8 Å². The number of carbonyl (C=O) groups is 1. The number of allylic oxidation sites excluding steroid dienone is 2. The van der Waals surface area contributed by atoms with Gasteiger partial charge in [0.05, 0.1) is 14.7 Å². The van der Waals surface area contributed by atoms with Gasteiger partial charge in [-0.2, -0.15) is 8.42 Å². The van der Waals surface area contributed by atoms with Gasteiger partial charge in [0.15, 0.2) is 10.9 Å². The first-order valence-electron chi connectivity index (χ1n) is 13.2. The summed E-state index contributed by atoms with van der Waals surface area (Å²) in [6.45, 7) is 1.44. The van der Waals surface area contributed by atoms with Gasteiger partial charge in [-0.25, -0.2) is 19.2 Å². The lowest BCUT2D eigenvalue weighted by molar-refractivity contribution is 0.0981. The number of nitrogens with two attached hydrogens (primary N) is 1. The predicted octanol–water partition coefficient (Wildman–Crippen LogP) is 5.68. The Labute approximate surface area is 253 Å². The molecule has 1 saturated heterocycles. The number of piperidine rings is 1. The number of benzene rings is 1. The Bertz CT molecular complexity index is 1890. The minimum absolute atomic E-state index is 0.0218. The molecule has 3 aliphatic rings. The number of amides is 1. The average molecular weight is 650 g/mol. The van der Waals surface area contributed by atoms with Crippen LogP contribution in [0.25, 0.3) is 27.0 Å². The minimum atomic E-state index is -4.27. The lowest BCUT2D eigenvalue weighted by Gasteiger charge is -2.46. The third-order valence-electron chi connectivity index (χ3n) is 8.06. The molecule has 0 bridgehead atoms. The Morgan fingerprint density at radius 2 is 1.86 bits per heavy atom. The van der Waals surface area contributed by atoms with E-state index in [0.29, 0.717) is 37.1 Å². The molecule has 2 fully saturated rings. The van der Waals surface area contributed by atoms with Crippen LogP contribution in [0, 0.1) is 11.2 Å². The van der Waals surface area contributed by atoms with Crippen LogP contribution in [0.2, 0.25) is 10.0 Å². The minimum Gasteiger partial charge on any atom is -0.360 e. The zero-order valence-corrected chi connectivity index (χ0v) is 25.0. The van der Waals surface area contributed by atoms with Crippen LogP contribution in [0.3, 0.4) is 0 Å². The molecule has 4 heterocycles. The van der Waals surface area contributed by atoms with Crippen LogP contribution < -0.4 is 14.8 Å². The van der Waals surface area contributed by atoms with Gasteiger partial charge in [-0.3, -0.25) is 9.78 Å². The van der Waals surface area contributed by atoms with E-state index in [1.807, 2.05) is 0 Å². The molecule has 0 atom stereocenters. The van der Waals surface area contributed by atoms with Gasteiger partial charge in [0.1, 0.15) is 17.0 Å². The van der Waals surface area contributed by atoms with Crippen molar-refractivity contribution in [1.29, 1.82) is 0 Å². The van der Waals surface area contributed by atoms with Gasteiger partial charge in [-0.15, -0.1) is 0 Å².